The van der Waals surface area contributed by atoms with Crippen LogP contribution in [0.2, 0.25) is 0 Å². The van der Waals surface area contributed by atoms with Crippen molar-refractivity contribution in [3.05, 3.63) is 53.5 Å². The third-order valence-corrected chi connectivity index (χ3v) is 5.42. The number of nitrogens with one attached hydrogen (secondary N) is 1. The number of rotatable bonds is 5. The van der Waals surface area contributed by atoms with Gasteiger partial charge in [-0.05, 0) is 50.6 Å². The minimum absolute atomic E-state index is 0.00694. The lowest BCUT2D eigenvalue weighted by molar-refractivity contribution is -0.116. The number of aryl methyl sites for hydroxylation is 1. The van der Waals surface area contributed by atoms with E-state index >= 15 is 0 Å². The van der Waals surface area contributed by atoms with Crippen molar-refractivity contribution in [3.8, 4) is 17.3 Å². The Morgan fingerprint density at radius 3 is 2.78 bits per heavy atom. The van der Waals surface area contributed by atoms with Crippen LogP contribution in [0.4, 0.5) is 5.82 Å². The number of aromatic nitrogens is 6. The summed E-state index contributed by atoms with van der Waals surface area (Å²) in [5, 5.41) is 20.1. The molecule has 10 heteroatoms. The average molecular weight is 433 g/mol. The van der Waals surface area contributed by atoms with Gasteiger partial charge in [0.25, 0.3) is 0 Å². The summed E-state index contributed by atoms with van der Waals surface area (Å²) in [6, 6.07) is 9.40. The Kier molecular flexibility index (Phi) is 4.76. The van der Waals surface area contributed by atoms with Gasteiger partial charge in [0.05, 0.1) is 18.9 Å². The summed E-state index contributed by atoms with van der Waals surface area (Å²) in [5.41, 5.74) is 3.36. The zero-order valence-corrected chi connectivity index (χ0v) is 18.2. The summed E-state index contributed by atoms with van der Waals surface area (Å²) in [7, 11) is 1.61. The standard InChI is InChI=1S/C22H23N7O3/c1-12(2)32-17-9-14(5-6-16(17)31-4)15-10-20(30)24-22-21(15)13(3)26-29(22)19-8-7-18-25-23-11-28(18)27-19/h5-9,11-12,15H,10H2,1-4H3,(H,24,30). The second-order valence-electron chi connectivity index (χ2n) is 7.97. The predicted octanol–water partition coefficient (Wildman–Crippen LogP) is 2.89. The van der Waals surface area contributed by atoms with Crippen molar-refractivity contribution in [2.24, 2.45) is 0 Å². The lowest BCUT2D eigenvalue weighted by atomic mass is 9.85. The van der Waals surface area contributed by atoms with Gasteiger partial charge in [-0.2, -0.15) is 14.3 Å². The Hall–Kier alpha value is -3.95. The van der Waals surface area contributed by atoms with E-state index in [0.717, 1.165) is 16.8 Å². The van der Waals surface area contributed by atoms with E-state index in [9.17, 15) is 4.79 Å². The largest absolute Gasteiger partial charge is 0.493 e. The zero-order chi connectivity index (χ0) is 22.4. The quantitative estimate of drug-likeness (QED) is 0.515. The molecule has 0 saturated heterocycles. The zero-order valence-electron chi connectivity index (χ0n) is 18.2. The molecule has 1 atom stereocenters. The molecule has 1 unspecified atom stereocenters. The third-order valence-electron chi connectivity index (χ3n) is 5.42. The van der Waals surface area contributed by atoms with Crippen molar-refractivity contribution in [1.82, 2.24) is 29.6 Å². The smallest absolute Gasteiger partial charge is 0.226 e. The summed E-state index contributed by atoms with van der Waals surface area (Å²) in [5.74, 6) is 2.22. The molecule has 32 heavy (non-hydrogen) atoms. The van der Waals surface area contributed by atoms with Crippen molar-refractivity contribution < 1.29 is 14.3 Å². The number of ether oxygens (including phenoxy) is 2. The number of hydrogen-bond acceptors (Lipinski definition) is 7. The summed E-state index contributed by atoms with van der Waals surface area (Å²) in [6.45, 7) is 5.87. The van der Waals surface area contributed by atoms with Crippen LogP contribution in [0.1, 0.15) is 43.0 Å². The third kappa shape index (κ3) is 3.33. The Labute approximate surface area is 184 Å². The highest BCUT2D eigenvalue weighted by Gasteiger charge is 2.33. The molecular formula is C22H23N7O3. The van der Waals surface area contributed by atoms with Crippen LogP contribution in [-0.4, -0.2) is 48.7 Å². The van der Waals surface area contributed by atoms with E-state index in [-0.39, 0.29) is 17.9 Å². The number of carbonyl (C=O) groups excluding carboxylic acids is 1. The number of amides is 1. The van der Waals surface area contributed by atoms with E-state index < -0.39 is 0 Å². The van der Waals surface area contributed by atoms with Crippen LogP contribution in [0.3, 0.4) is 0 Å². The Morgan fingerprint density at radius 2 is 2.00 bits per heavy atom. The Balaban J connectivity index is 1.62. The van der Waals surface area contributed by atoms with Gasteiger partial charge in [-0.25, -0.2) is 0 Å². The predicted molar refractivity (Wildman–Crippen MR) is 116 cm³/mol. The molecule has 0 saturated carbocycles. The lowest BCUT2D eigenvalue weighted by Gasteiger charge is -2.25. The number of fused-ring (bicyclic) bond motifs is 2. The average Bonchev–Trinajstić information content (AvgIpc) is 3.36. The van der Waals surface area contributed by atoms with Gasteiger partial charge < -0.3 is 14.8 Å². The Morgan fingerprint density at radius 1 is 1.16 bits per heavy atom. The van der Waals surface area contributed by atoms with Gasteiger partial charge in [0, 0.05) is 17.9 Å². The van der Waals surface area contributed by atoms with Crippen LogP contribution in [0.25, 0.3) is 11.5 Å². The first-order valence-corrected chi connectivity index (χ1v) is 10.4. The summed E-state index contributed by atoms with van der Waals surface area (Å²) < 4.78 is 14.6. The van der Waals surface area contributed by atoms with Gasteiger partial charge in [0.2, 0.25) is 5.91 Å². The topological polar surface area (TPSA) is 108 Å². The molecule has 164 valence electrons. The molecule has 3 aromatic heterocycles. The second-order valence-corrected chi connectivity index (χ2v) is 7.97. The van der Waals surface area contributed by atoms with Crippen molar-refractivity contribution in [2.75, 3.05) is 12.4 Å². The molecule has 1 amide bonds. The molecule has 0 aliphatic carbocycles. The van der Waals surface area contributed by atoms with Crippen LogP contribution < -0.4 is 14.8 Å². The molecule has 5 rings (SSSR count). The van der Waals surface area contributed by atoms with E-state index in [1.807, 2.05) is 39.0 Å². The molecule has 0 fully saturated rings. The van der Waals surface area contributed by atoms with Crippen LogP contribution >= 0.6 is 0 Å². The maximum atomic E-state index is 12.7. The van der Waals surface area contributed by atoms with Gasteiger partial charge in [0.15, 0.2) is 23.0 Å². The minimum Gasteiger partial charge on any atom is -0.493 e. The van der Waals surface area contributed by atoms with Crippen molar-refractivity contribution in [3.63, 3.8) is 0 Å². The molecule has 0 bridgehead atoms. The number of benzene rings is 1. The molecule has 0 radical (unpaired) electrons. The molecular weight excluding hydrogens is 410 g/mol. The van der Waals surface area contributed by atoms with Gasteiger partial charge in [-0.3, -0.25) is 4.79 Å². The van der Waals surface area contributed by atoms with Crippen LogP contribution in [0.5, 0.6) is 11.5 Å². The van der Waals surface area contributed by atoms with E-state index in [1.165, 1.54) is 6.33 Å². The number of carbonyl (C=O) groups is 1. The van der Waals surface area contributed by atoms with Crippen molar-refractivity contribution in [1.29, 1.82) is 0 Å². The highest BCUT2D eigenvalue weighted by molar-refractivity contribution is 5.95. The number of nitrogens with zero attached hydrogens (tertiary/aromatic N) is 6. The van der Waals surface area contributed by atoms with Gasteiger partial charge >= 0.3 is 0 Å². The number of methoxy groups -OCH3 is 1. The highest BCUT2D eigenvalue weighted by Crippen LogP contribution is 2.42. The fourth-order valence-electron chi connectivity index (χ4n) is 4.09. The Bertz CT molecular complexity index is 1320. The summed E-state index contributed by atoms with van der Waals surface area (Å²) in [4.78, 5) is 12.7. The van der Waals surface area contributed by atoms with Gasteiger partial charge in [-0.15, -0.1) is 15.3 Å². The molecule has 4 heterocycles. The van der Waals surface area contributed by atoms with Gasteiger partial charge in [-0.1, -0.05) is 6.07 Å². The van der Waals surface area contributed by atoms with Crippen LogP contribution in [0, 0.1) is 6.92 Å². The fourth-order valence-corrected chi connectivity index (χ4v) is 4.09. The normalized spacial score (nSPS) is 15.7. The summed E-state index contributed by atoms with van der Waals surface area (Å²) in [6.07, 6.45) is 1.83. The first kappa shape index (κ1) is 20.0. The van der Waals surface area contributed by atoms with Crippen LogP contribution in [-0.2, 0) is 4.79 Å². The SMILES string of the molecule is COc1ccc(C2CC(=O)Nc3c2c(C)nn3-c2ccc3nncn3n2)cc1OC(C)C. The van der Waals surface area contributed by atoms with Gasteiger partial charge in [0.1, 0.15) is 12.1 Å². The monoisotopic (exact) mass is 433 g/mol. The molecule has 10 nitrogen and oxygen atoms in total. The number of hydrogen-bond donors (Lipinski definition) is 1. The molecule has 1 N–H and O–H groups in total. The molecule has 1 aliphatic rings. The fraction of sp³-hybridized carbons (Fsp3) is 0.318. The minimum atomic E-state index is -0.174. The van der Waals surface area contributed by atoms with Crippen molar-refractivity contribution in [2.45, 2.75) is 39.2 Å². The van der Waals surface area contributed by atoms with E-state index in [4.69, 9.17) is 14.6 Å². The molecule has 1 aromatic carbocycles. The maximum Gasteiger partial charge on any atom is 0.226 e. The first-order chi connectivity index (χ1) is 15.4. The summed E-state index contributed by atoms with van der Waals surface area (Å²) >= 11 is 0. The maximum absolute atomic E-state index is 12.7. The first-order valence-electron chi connectivity index (χ1n) is 10.4. The van der Waals surface area contributed by atoms with E-state index in [2.05, 4.69) is 20.6 Å². The highest BCUT2D eigenvalue weighted by atomic mass is 16.5. The molecule has 4 aromatic rings. The lowest BCUT2D eigenvalue weighted by Crippen LogP contribution is -2.25. The van der Waals surface area contributed by atoms with E-state index in [1.54, 1.807) is 28.4 Å². The van der Waals surface area contributed by atoms with Crippen LogP contribution in [0.15, 0.2) is 36.7 Å². The van der Waals surface area contributed by atoms with Crippen molar-refractivity contribution >= 4 is 17.4 Å². The molecule has 1 aliphatic heterocycles. The van der Waals surface area contributed by atoms with E-state index in [0.29, 0.717) is 35.2 Å². The molecule has 0 spiro atoms. The second kappa shape index (κ2) is 7.63. The number of anilines is 1.